The maximum Gasteiger partial charge on any atom is 0.305 e. The molecule has 1 atom stereocenters. The molecule has 150 valence electrons. The van der Waals surface area contributed by atoms with Crippen LogP contribution < -0.4 is 4.90 Å². The van der Waals surface area contributed by atoms with Gasteiger partial charge in [0.05, 0.1) is 34.1 Å². The zero-order valence-corrected chi connectivity index (χ0v) is 17.4. The van der Waals surface area contributed by atoms with E-state index in [-0.39, 0.29) is 24.7 Å². The molecule has 0 radical (unpaired) electrons. The van der Waals surface area contributed by atoms with Gasteiger partial charge in [-0.2, -0.15) is 0 Å². The van der Waals surface area contributed by atoms with Gasteiger partial charge >= 0.3 is 5.97 Å². The first-order valence-corrected chi connectivity index (χ1v) is 11.0. The first-order valence-electron chi connectivity index (χ1n) is 9.32. The fourth-order valence-corrected chi connectivity index (χ4v) is 5.55. The number of rotatable bonds is 6. The van der Waals surface area contributed by atoms with E-state index in [0.29, 0.717) is 10.5 Å². The second-order valence-electron chi connectivity index (χ2n) is 6.90. The van der Waals surface area contributed by atoms with Gasteiger partial charge in [0.2, 0.25) is 5.91 Å². The van der Waals surface area contributed by atoms with Crippen molar-refractivity contribution in [2.75, 3.05) is 4.90 Å². The molecular weight excluding hydrogens is 411 g/mol. The summed E-state index contributed by atoms with van der Waals surface area (Å²) in [5.41, 5.74) is 2.48. The topological polar surface area (TPSA) is 70.5 Å². The van der Waals surface area contributed by atoms with Gasteiger partial charge in [-0.3, -0.25) is 9.59 Å². The van der Waals surface area contributed by atoms with Crippen molar-refractivity contribution < 1.29 is 19.1 Å². The Bertz CT molecular complexity index is 1100. The molecule has 0 fully saturated rings. The van der Waals surface area contributed by atoms with Crippen LogP contribution in [0.2, 0.25) is 0 Å². The molecule has 0 saturated carbocycles. The van der Waals surface area contributed by atoms with E-state index in [2.05, 4.69) is 11.9 Å². The number of benzene rings is 2. The second-order valence-corrected chi connectivity index (χ2v) is 9.26. The molecule has 1 aliphatic rings. The first-order chi connectivity index (χ1) is 13.9. The number of halogens is 1. The summed E-state index contributed by atoms with van der Waals surface area (Å²) in [6.45, 7) is 2.33. The number of amides is 1. The highest BCUT2D eigenvalue weighted by atomic mass is 32.2. The highest BCUT2D eigenvalue weighted by Crippen LogP contribution is 2.42. The van der Waals surface area contributed by atoms with E-state index in [0.717, 1.165) is 33.7 Å². The van der Waals surface area contributed by atoms with Gasteiger partial charge in [-0.1, -0.05) is 19.4 Å². The quantitative estimate of drug-likeness (QED) is 0.604. The molecule has 4 rings (SSSR count). The van der Waals surface area contributed by atoms with Crippen LogP contribution in [0.3, 0.4) is 0 Å². The van der Waals surface area contributed by atoms with Crippen LogP contribution in [0.4, 0.5) is 10.1 Å². The number of carboxylic acid groups (broad SMARTS) is 1. The van der Waals surface area contributed by atoms with Gasteiger partial charge < -0.3 is 10.0 Å². The molecule has 0 aliphatic carbocycles. The zero-order chi connectivity index (χ0) is 20.5. The predicted octanol–water partition coefficient (Wildman–Crippen LogP) is 4.87. The smallest absolute Gasteiger partial charge is 0.305 e. The summed E-state index contributed by atoms with van der Waals surface area (Å²) in [5.74, 6) is -1.59. The Morgan fingerprint density at radius 3 is 2.86 bits per heavy atom. The van der Waals surface area contributed by atoms with Gasteiger partial charge in [-0.05, 0) is 36.2 Å². The molecular formula is C21H19FN2O3S2. The van der Waals surface area contributed by atoms with Crippen molar-refractivity contribution >= 4 is 50.9 Å². The molecule has 0 saturated heterocycles. The number of nitrogens with zero attached hydrogens (tertiary/aromatic N) is 2. The lowest BCUT2D eigenvalue weighted by Gasteiger charge is -2.33. The van der Waals surface area contributed by atoms with Gasteiger partial charge in [0.15, 0.2) is 0 Å². The SMILES string of the molecule is CCCc1ccc2c(c1)N(Cc1nc3cc(F)ccc3s1)C(=O)C(CC(=O)O)S2. The Balaban J connectivity index is 1.72. The molecule has 8 heteroatoms. The van der Waals surface area contributed by atoms with E-state index >= 15 is 0 Å². The van der Waals surface area contributed by atoms with Crippen molar-refractivity contribution in [3.8, 4) is 0 Å². The zero-order valence-electron chi connectivity index (χ0n) is 15.7. The molecule has 1 aromatic heterocycles. The molecule has 2 heterocycles. The van der Waals surface area contributed by atoms with Gasteiger partial charge in [0.25, 0.3) is 0 Å². The van der Waals surface area contributed by atoms with Crippen LogP contribution in [0, 0.1) is 5.82 Å². The van der Waals surface area contributed by atoms with Gasteiger partial charge in [0, 0.05) is 11.0 Å². The Hall–Kier alpha value is -2.45. The summed E-state index contributed by atoms with van der Waals surface area (Å²) >= 11 is 2.71. The average Bonchev–Trinajstić information content (AvgIpc) is 3.07. The fraction of sp³-hybridized carbons (Fsp3) is 0.286. The number of hydrogen-bond acceptors (Lipinski definition) is 5. The molecule has 1 unspecified atom stereocenters. The highest BCUT2D eigenvalue weighted by molar-refractivity contribution is 8.01. The van der Waals surface area contributed by atoms with Crippen LogP contribution in [-0.4, -0.2) is 27.2 Å². The van der Waals surface area contributed by atoms with Crippen LogP contribution in [0.25, 0.3) is 10.2 Å². The third kappa shape index (κ3) is 4.13. The number of hydrogen-bond donors (Lipinski definition) is 1. The second kappa shape index (κ2) is 8.12. The Morgan fingerprint density at radius 1 is 1.28 bits per heavy atom. The van der Waals surface area contributed by atoms with Crippen molar-refractivity contribution in [1.29, 1.82) is 0 Å². The number of fused-ring (bicyclic) bond motifs is 2. The molecule has 29 heavy (non-hydrogen) atoms. The first kappa shape index (κ1) is 19.8. The molecule has 2 aromatic carbocycles. The number of anilines is 1. The van der Waals surface area contributed by atoms with Crippen LogP contribution in [-0.2, 0) is 22.6 Å². The number of aliphatic carboxylic acids is 1. The third-order valence-electron chi connectivity index (χ3n) is 4.71. The summed E-state index contributed by atoms with van der Waals surface area (Å²) in [7, 11) is 0. The summed E-state index contributed by atoms with van der Waals surface area (Å²) < 4.78 is 14.3. The summed E-state index contributed by atoms with van der Waals surface area (Å²) in [6, 6.07) is 10.5. The minimum absolute atomic E-state index is 0.232. The largest absolute Gasteiger partial charge is 0.481 e. The minimum atomic E-state index is -1.00. The molecule has 1 amide bonds. The standard InChI is InChI=1S/C21H19FN2O3S2/c1-2-3-12-4-6-17-15(8-12)24(21(27)18(28-17)10-20(25)26)11-19-23-14-9-13(22)5-7-16(14)29-19/h4-9,18H,2-3,10-11H2,1H3,(H,25,26). The molecule has 0 spiro atoms. The van der Waals surface area contributed by atoms with Gasteiger partial charge in [-0.15, -0.1) is 23.1 Å². The number of aromatic nitrogens is 1. The molecule has 3 aromatic rings. The number of carboxylic acids is 1. The van der Waals surface area contributed by atoms with Crippen molar-refractivity contribution in [1.82, 2.24) is 4.98 Å². The molecule has 1 aliphatic heterocycles. The summed E-state index contributed by atoms with van der Waals surface area (Å²) in [5, 5.41) is 9.22. The number of aryl methyl sites for hydroxylation is 1. The fourth-order valence-electron chi connectivity index (χ4n) is 3.42. The Kier molecular flexibility index (Phi) is 5.56. The predicted molar refractivity (Wildman–Crippen MR) is 113 cm³/mol. The van der Waals surface area contributed by atoms with Crippen LogP contribution in [0.15, 0.2) is 41.3 Å². The number of thiazole rings is 1. The maximum atomic E-state index is 13.5. The number of thioether (sulfide) groups is 1. The van der Waals surface area contributed by atoms with Crippen molar-refractivity contribution in [3.05, 3.63) is 52.8 Å². The number of carbonyl (C=O) groups excluding carboxylic acids is 1. The van der Waals surface area contributed by atoms with E-state index < -0.39 is 11.2 Å². The lowest BCUT2D eigenvalue weighted by molar-refractivity contribution is -0.138. The Morgan fingerprint density at radius 2 is 2.10 bits per heavy atom. The van der Waals surface area contributed by atoms with E-state index in [9.17, 15) is 19.1 Å². The number of carbonyl (C=O) groups is 2. The van der Waals surface area contributed by atoms with E-state index in [1.165, 1.54) is 35.2 Å². The average molecular weight is 431 g/mol. The van der Waals surface area contributed by atoms with E-state index in [4.69, 9.17) is 0 Å². The third-order valence-corrected chi connectivity index (χ3v) is 6.98. The van der Waals surface area contributed by atoms with Crippen LogP contribution in [0.5, 0.6) is 0 Å². The molecule has 1 N–H and O–H groups in total. The minimum Gasteiger partial charge on any atom is -0.481 e. The lowest BCUT2D eigenvalue weighted by atomic mass is 10.1. The molecule has 5 nitrogen and oxygen atoms in total. The normalized spacial score (nSPS) is 16.3. The van der Waals surface area contributed by atoms with Crippen LogP contribution >= 0.6 is 23.1 Å². The summed E-state index contributed by atoms with van der Waals surface area (Å²) in [6.07, 6.45) is 1.66. The Labute approximate surface area is 175 Å². The van der Waals surface area contributed by atoms with Crippen molar-refractivity contribution in [3.63, 3.8) is 0 Å². The molecule has 0 bridgehead atoms. The van der Waals surface area contributed by atoms with Gasteiger partial charge in [0.1, 0.15) is 10.8 Å². The summed E-state index contributed by atoms with van der Waals surface area (Å²) in [4.78, 5) is 31.4. The van der Waals surface area contributed by atoms with Crippen molar-refractivity contribution in [2.45, 2.75) is 42.9 Å². The van der Waals surface area contributed by atoms with Crippen molar-refractivity contribution in [2.24, 2.45) is 0 Å². The van der Waals surface area contributed by atoms with Gasteiger partial charge in [-0.25, -0.2) is 9.37 Å². The lowest BCUT2D eigenvalue weighted by Crippen LogP contribution is -2.41. The van der Waals surface area contributed by atoms with E-state index in [1.807, 2.05) is 18.2 Å². The highest BCUT2D eigenvalue weighted by Gasteiger charge is 2.35. The maximum absolute atomic E-state index is 13.5. The van der Waals surface area contributed by atoms with Crippen LogP contribution in [0.1, 0.15) is 30.3 Å². The van der Waals surface area contributed by atoms with E-state index in [1.54, 1.807) is 11.0 Å². The monoisotopic (exact) mass is 430 g/mol.